The second-order valence-electron chi connectivity index (χ2n) is 5.98. The number of fused-ring (bicyclic) bond motifs is 1. The highest BCUT2D eigenvalue weighted by Crippen LogP contribution is 2.23. The van der Waals surface area contributed by atoms with E-state index in [0.29, 0.717) is 18.4 Å². The van der Waals surface area contributed by atoms with Gasteiger partial charge in [0, 0.05) is 23.7 Å². The zero-order valence-corrected chi connectivity index (χ0v) is 15.4. The maximum Gasteiger partial charge on any atom is 0.264 e. The Balaban J connectivity index is 1.77. The highest BCUT2D eigenvalue weighted by Gasteiger charge is 2.08. The summed E-state index contributed by atoms with van der Waals surface area (Å²) in [6, 6.07) is 10.8. The molecule has 3 aromatic rings. The van der Waals surface area contributed by atoms with E-state index in [9.17, 15) is 17.2 Å². The van der Waals surface area contributed by atoms with Crippen LogP contribution in [0.5, 0.6) is 0 Å². The number of benzene rings is 2. The molecule has 140 valence electrons. The molecule has 0 fully saturated rings. The lowest BCUT2D eigenvalue weighted by Crippen LogP contribution is -2.03. The minimum Gasteiger partial charge on any atom is -0.316 e. The molecule has 1 heterocycles. The van der Waals surface area contributed by atoms with Crippen LogP contribution in [-0.2, 0) is 14.3 Å². The predicted octanol–water partition coefficient (Wildman–Crippen LogP) is 4.02. The van der Waals surface area contributed by atoms with Gasteiger partial charge >= 0.3 is 0 Å². The third kappa shape index (κ3) is 4.94. The van der Waals surface area contributed by atoms with Gasteiger partial charge in [0.25, 0.3) is 10.1 Å². The highest BCUT2D eigenvalue weighted by molar-refractivity contribution is 7.85. The lowest BCUT2D eigenvalue weighted by atomic mass is 10.1. The number of unbranched alkanes of at least 4 members (excludes halogenated alkanes) is 1. The van der Waals surface area contributed by atoms with Gasteiger partial charge < -0.3 is 4.57 Å². The molecule has 4 nitrogen and oxygen atoms in total. The molecule has 3 rings (SSSR count). The molecule has 0 amide bonds. The van der Waals surface area contributed by atoms with E-state index >= 15 is 0 Å². The van der Waals surface area contributed by atoms with Crippen LogP contribution in [0.25, 0.3) is 16.6 Å². The fourth-order valence-electron chi connectivity index (χ4n) is 2.61. The van der Waals surface area contributed by atoms with Crippen LogP contribution < -0.4 is 0 Å². The number of hydrogen-bond donors (Lipinski definition) is 0. The third-order valence-corrected chi connectivity index (χ3v) is 4.45. The van der Waals surface area contributed by atoms with E-state index in [4.69, 9.17) is 0 Å². The van der Waals surface area contributed by atoms with Crippen LogP contribution in [-0.4, -0.2) is 25.8 Å². The van der Waals surface area contributed by atoms with Crippen LogP contribution in [0.3, 0.4) is 0 Å². The second kappa shape index (κ2) is 7.91. The van der Waals surface area contributed by atoms with Crippen molar-refractivity contribution in [3.63, 3.8) is 0 Å². The molecule has 0 aliphatic carbocycles. The van der Waals surface area contributed by atoms with Crippen molar-refractivity contribution in [3.8, 4) is 17.5 Å². The van der Waals surface area contributed by atoms with Crippen molar-refractivity contribution in [1.29, 1.82) is 0 Å². The molecule has 1 aromatic heterocycles. The minimum absolute atomic E-state index is 0.0511. The van der Waals surface area contributed by atoms with Crippen molar-refractivity contribution >= 4 is 21.0 Å². The van der Waals surface area contributed by atoms with Gasteiger partial charge in [-0.1, -0.05) is 11.8 Å². The quantitative estimate of drug-likeness (QED) is 0.376. The number of hydrogen-bond acceptors (Lipinski definition) is 3. The number of halogens is 2. The molecule has 0 atom stereocenters. The maximum absolute atomic E-state index is 14.4. The van der Waals surface area contributed by atoms with Gasteiger partial charge in [0.15, 0.2) is 0 Å². The molecule has 0 aliphatic rings. The Bertz CT molecular complexity index is 1120. The van der Waals surface area contributed by atoms with E-state index in [1.54, 1.807) is 29.0 Å². The summed E-state index contributed by atoms with van der Waals surface area (Å²) < 4.78 is 55.6. The molecule has 0 bridgehead atoms. The Hall–Kier alpha value is -2.69. The standard InChI is InChI=1S/C20H17F2NO3S/c1-27(24,25)26-12-4-2-3-5-15-13-16-10-11-23(20(16)14-19(15)22)18-8-6-17(21)7-9-18/h6-11,13-14H,2,4,12H2,1H3. The van der Waals surface area contributed by atoms with Crippen LogP contribution >= 0.6 is 0 Å². The first-order valence-electron chi connectivity index (χ1n) is 8.23. The largest absolute Gasteiger partial charge is 0.316 e. The van der Waals surface area contributed by atoms with Crippen LogP contribution in [0.1, 0.15) is 18.4 Å². The summed E-state index contributed by atoms with van der Waals surface area (Å²) in [6.07, 6.45) is 3.60. The van der Waals surface area contributed by atoms with E-state index in [-0.39, 0.29) is 18.0 Å². The molecular formula is C20H17F2NO3S. The second-order valence-corrected chi connectivity index (χ2v) is 7.63. The molecule has 0 radical (unpaired) electrons. The first kappa shape index (κ1) is 19.1. The number of rotatable bonds is 5. The Morgan fingerprint density at radius 1 is 1.11 bits per heavy atom. The lowest BCUT2D eigenvalue weighted by molar-refractivity contribution is 0.317. The summed E-state index contributed by atoms with van der Waals surface area (Å²) in [4.78, 5) is 0. The summed E-state index contributed by atoms with van der Waals surface area (Å²) in [5.41, 5.74) is 1.66. The molecule has 7 heteroatoms. The third-order valence-electron chi connectivity index (χ3n) is 3.85. The van der Waals surface area contributed by atoms with Crippen molar-refractivity contribution < 1.29 is 21.4 Å². The van der Waals surface area contributed by atoms with Crippen LogP contribution in [0.2, 0.25) is 0 Å². The normalized spacial score (nSPS) is 11.4. The predicted molar refractivity (Wildman–Crippen MR) is 100 cm³/mol. The van der Waals surface area contributed by atoms with Crippen LogP contribution in [0.4, 0.5) is 8.78 Å². The van der Waals surface area contributed by atoms with E-state index < -0.39 is 15.9 Å². The average molecular weight is 389 g/mol. The summed E-state index contributed by atoms with van der Waals surface area (Å²) >= 11 is 0. The molecule has 27 heavy (non-hydrogen) atoms. The summed E-state index contributed by atoms with van der Waals surface area (Å²) in [5, 5.41) is 0.811. The topological polar surface area (TPSA) is 48.3 Å². The fourth-order valence-corrected chi connectivity index (χ4v) is 3.03. The summed E-state index contributed by atoms with van der Waals surface area (Å²) in [5.74, 6) is 4.81. The Kier molecular flexibility index (Phi) is 5.59. The van der Waals surface area contributed by atoms with Crippen LogP contribution in [0.15, 0.2) is 48.7 Å². The zero-order valence-electron chi connectivity index (χ0n) is 14.6. The van der Waals surface area contributed by atoms with E-state index in [1.807, 2.05) is 6.07 Å². The Morgan fingerprint density at radius 2 is 1.85 bits per heavy atom. The SMILES string of the molecule is CS(=O)(=O)OCCCC#Cc1cc2ccn(-c3ccc(F)cc3)c2cc1F. The van der Waals surface area contributed by atoms with Gasteiger partial charge in [-0.25, -0.2) is 8.78 Å². The Morgan fingerprint density at radius 3 is 2.56 bits per heavy atom. The molecule has 0 unspecified atom stereocenters. The smallest absolute Gasteiger partial charge is 0.264 e. The number of aromatic nitrogens is 1. The van der Waals surface area contributed by atoms with Crippen molar-refractivity contribution in [2.24, 2.45) is 0 Å². The molecule has 0 saturated heterocycles. The maximum atomic E-state index is 14.4. The van der Waals surface area contributed by atoms with E-state index in [1.165, 1.54) is 18.2 Å². The summed E-state index contributed by atoms with van der Waals surface area (Å²) in [7, 11) is -3.45. The van der Waals surface area contributed by atoms with Gasteiger partial charge in [0.2, 0.25) is 0 Å². The van der Waals surface area contributed by atoms with Gasteiger partial charge in [-0.2, -0.15) is 8.42 Å². The van der Waals surface area contributed by atoms with Crippen molar-refractivity contribution in [2.75, 3.05) is 12.9 Å². The van der Waals surface area contributed by atoms with Gasteiger partial charge in [-0.05, 0) is 48.9 Å². The molecular weight excluding hydrogens is 372 g/mol. The number of nitrogens with zero attached hydrogens (tertiary/aromatic N) is 1. The first-order valence-corrected chi connectivity index (χ1v) is 10.0. The molecule has 0 saturated carbocycles. The lowest BCUT2D eigenvalue weighted by Gasteiger charge is -2.06. The van der Waals surface area contributed by atoms with Gasteiger partial charge in [-0.15, -0.1) is 0 Å². The molecule has 0 N–H and O–H groups in total. The van der Waals surface area contributed by atoms with Gasteiger partial charge in [-0.3, -0.25) is 4.18 Å². The monoisotopic (exact) mass is 389 g/mol. The van der Waals surface area contributed by atoms with Crippen molar-refractivity contribution in [2.45, 2.75) is 12.8 Å². The minimum atomic E-state index is -3.45. The summed E-state index contributed by atoms with van der Waals surface area (Å²) in [6.45, 7) is 0.0511. The Labute approximate surface area is 156 Å². The molecule has 2 aromatic carbocycles. The highest BCUT2D eigenvalue weighted by atomic mass is 32.2. The first-order chi connectivity index (χ1) is 12.8. The van der Waals surface area contributed by atoms with E-state index in [2.05, 4.69) is 16.0 Å². The van der Waals surface area contributed by atoms with Gasteiger partial charge in [0.05, 0.1) is 23.9 Å². The fraction of sp³-hybridized carbons (Fsp3) is 0.200. The van der Waals surface area contributed by atoms with Crippen molar-refractivity contribution in [1.82, 2.24) is 4.57 Å². The molecule has 0 aliphatic heterocycles. The van der Waals surface area contributed by atoms with Crippen molar-refractivity contribution in [3.05, 3.63) is 65.9 Å². The average Bonchev–Trinajstić information content (AvgIpc) is 3.00. The zero-order chi connectivity index (χ0) is 19.4. The molecule has 0 spiro atoms. The van der Waals surface area contributed by atoms with Crippen LogP contribution in [0, 0.1) is 23.5 Å². The van der Waals surface area contributed by atoms with Gasteiger partial charge in [0.1, 0.15) is 11.6 Å². The van der Waals surface area contributed by atoms with E-state index in [0.717, 1.165) is 17.3 Å².